The summed E-state index contributed by atoms with van der Waals surface area (Å²) in [6.45, 7) is 3.05. The first-order valence-electron chi connectivity index (χ1n) is 5.81. The third kappa shape index (κ3) is 2.41. The van der Waals surface area contributed by atoms with Gasteiger partial charge in [-0.15, -0.1) is 0 Å². The second-order valence-electron chi connectivity index (χ2n) is 4.07. The van der Waals surface area contributed by atoms with Crippen molar-refractivity contribution in [2.45, 2.75) is 13.2 Å². The summed E-state index contributed by atoms with van der Waals surface area (Å²) in [6.07, 6.45) is -0.185. The van der Waals surface area contributed by atoms with Crippen molar-refractivity contribution in [3.63, 3.8) is 0 Å². The van der Waals surface area contributed by atoms with Gasteiger partial charge in [0.05, 0.1) is 20.8 Å². The molecule has 0 saturated carbocycles. The van der Waals surface area contributed by atoms with Crippen LogP contribution in [0.2, 0.25) is 0 Å². The molecule has 1 heterocycles. The standard InChI is InChI=1S/C13H17NO4/c1-9-14(4-5-18-9)13(15)10-6-11(16-2)8-12(7-10)17-3/h6-9H,4-5H2,1-3H3. The summed E-state index contributed by atoms with van der Waals surface area (Å²) in [5.41, 5.74) is 0.545. The van der Waals surface area contributed by atoms with Gasteiger partial charge in [-0.2, -0.15) is 0 Å². The highest BCUT2D eigenvalue weighted by Crippen LogP contribution is 2.24. The minimum Gasteiger partial charge on any atom is -0.497 e. The molecule has 5 heteroatoms. The molecule has 1 saturated heterocycles. The Morgan fingerprint density at radius 3 is 2.33 bits per heavy atom. The number of carbonyl (C=O) groups is 1. The van der Waals surface area contributed by atoms with E-state index in [-0.39, 0.29) is 12.1 Å². The van der Waals surface area contributed by atoms with Crippen molar-refractivity contribution >= 4 is 5.91 Å². The van der Waals surface area contributed by atoms with E-state index < -0.39 is 0 Å². The Morgan fingerprint density at radius 1 is 1.28 bits per heavy atom. The molecule has 0 aromatic heterocycles. The van der Waals surface area contributed by atoms with Crippen LogP contribution in [0.15, 0.2) is 18.2 Å². The molecule has 1 atom stereocenters. The van der Waals surface area contributed by atoms with Crippen molar-refractivity contribution in [1.82, 2.24) is 4.90 Å². The third-order valence-electron chi connectivity index (χ3n) is 2.99. The van der Waals surface area contributed by atoms with E-state index in [9.17, 15) is 4.79 Å². The minimum absolute atomic E-state index is 0.0720. The van der Waals surface area contributed by atoms with Crippen molar-refractivity contribution < 1.29 is 19.0 Å². The summed E-state index contributed by atoms with van der Waals surface area (Å²) < 4.78 is 15.7. The van der Waals surface area contributed by atoms with Crippen molar-refractivity contribution in [3.8, 4) is 11.5 Å². The number of rotatable bonds is 3. The molecule has 1 aromatic rings. The van der Waals surface area contributed by atoms with Crippen molar-refractivity contribution in [1.29, 1.82) is 0 Å². The van der Waals surface area contributed by atoms with Gasteiger partial charge in [0.1, 0.15) is 17.7 Å². The number of hydrogen-bond acceptors (Lipinski definition) is 4. The summed E-state index contributed by atoms with van der Waals surface area (Å²) in [7, 11) is 3.12. The van der Waals surface area contributed by atoms with Crippen LogP contribution < -0.4 is 9.47 Å². The number of amides is 1. The first-order valence-corrected chi connectivity index (χ1v) is 5.81. The van der Waals surface area contributed by atoms with E-state index in [0.29, 0.717) is 30.2 Å². The van der Waals surface area contributed by atoms with Crippen LogP contribution in [0.25, 0.3) is 0 Å². The lowest BCUT2D eigenvalue weighted by Gasteiger charge is -2.20. The molecular formula is C13H17NO4. The zero-order chi connectivity index (χ0) is 13.1. The summed E-state index contributed by atoms with van der Waals surface area (Å²) in [6, 6.07) is 5.15. The Labute approximate surface area is 106 Å². The van der Waals surface area contributed by atoms with Crippen molar-refractivity contribution in [3.05, 3.63) is 23.8 Å². The van der Waals surface area contributed by atoms with E-state index in [2.05, 4.69) is 0 Å². The fourth-order valence-corrected chi connectivity index (χ4v) is 1.96. The number of nitrogens with zero attached hydrogens (tertiary/aromatic N) is 1. The largest absolute Gasteiger partial charge is 0.497 e. The number of carbonyl (C=O) groups excluding carboxylic acids is 1. The second-order valence-corrected chi connectivity index (χ2v) is 4.07. The van der Waals surface area contributed by atoms with E-state index in [1.807, 2.05) is 6.92 Å². The van der Waals surface area contributed by atoms with Gasteiger partial charge in [0.25, 0.3) is 5.91 Å². The smallest absolute Gasteiger partial charge is 0.256 e. The van der Waals surface area contributed by atoms with Crippen LogP contribution in [0.5, 0.6) is 11.5 Å². The quantitative estimate of drug-likeness (QED) is 0.817. The molecule has 18 heavy (non-hydrogen) atoms. The van der Waals surface area contributed by atoms with Gasteiger partial charge in [0.2, 0.25) is 0 Å². The lowest BCUT2D eigenvalue weighted by Crippen LogP contribution is -2.34. The van der Waals surface area contributed by atoms with Gasteiger partial charge < -0.3 is 19.1 Å². The minimum atomic E-state index is -0.185. The van der Waals surface area contributed by atoms with E-state index in [4.69, 9.17) is 14.2 Å². The van der Waals surface area contributed by atoms with Gasteiger partial charge >= 0.3 is 0 Å². The maximum Gasteiger partial charge on any atom is 0.256 e. The summed E-state index contributed by atoms with van der Waals surface area (Å²) in [4.78, 5) is 14.0. The molecule has 1 aliphatic heterocycles. The molecule has 1 fully saturated rings. The van der Waals surface area contributed by atoms with Crippen LogP contribution in [-0.2, 0) is 4.74 Å². The lowest BCUT2D eigenvalue weighted by molar-refractivity contribution is 0.0377. The van der Waals surface area contributed by atoms with Crippen LogP contribution in [-0.4, -0.2) is 44.4 Å². The molecule has 0 radical (unpaired) electrons. The molecule has 0 bridgehead atoms. The van der Waals surface area contributed by atoms with Gasteiger partial charge in [-0.05, 0) is 19.1 Å². The first-order chi connectivity index (χ1) is 8.65. The van der Waals surface area contributed by atoms with Crippen LogP contribution in [0.3, 0.4) is 0 Å². The summed E-state index contributed by atoms with van der Waals surface area (Å²) >= 11 is 0. The molecule has 98 valence electrons. The fourth-order valence-electron chi connectivity index (χ4n) is 1.96. The van der Waals surface area contributed by atoms with Crippen molar-refractivity contribution in [2.75, 3.05) is 27.4 Å². The Morgan fingerprint density at radius 2 is 1.89 bits per heavy atom. The van der Waals surface area contributed by atoms with Gasteiger partial charge in [0, 0.05) is 18.2 Å². The fraction of sp³-hybridized carbons (Fsp3) is 0.462. The normalized spacial score (nSPS) is 18.8. The molecule has 0 N–H and O–H groups in total. The van der Waals surface area contributed by atoms with Gasteiger partial charge in [-0.3, -0.25) is 4.79 Å². The maximum atomic E-state index is 12.3. The van der Waals surface area contributed by atoms with Crippen LogP contribution in [0.1, 0.15) is 17.3 Å². The molecule has 0 aliphatic carbocycles. The molecule has 0 spiro atoms. The lowest BCUT2D eigenvalue weighted by atomic mass is 10.1. The summed E-state index contributed by atoms with van der Waals surface area (Å²) in [5.74, 6) is 1.13. The van der Waals surface area contributed by atoms with E-state index in [0.717, 1.165) is 0 Å². The van der Waals surface area contributed by atoms with E-state index in [1.165, 1.54) is 0 Å². The van der Waals surface area contributed by atoms with Crippen molar-refractivity contribution in [2.24, 2.45) is 0 Å². The SMILES string of the molecule is COc1cc(OC)cc(C(=O)N2CCOC2C)c1. The third-order valence-corrected chi connectivity index (χ3v) is 2.99. The number of methoxy groups -OCH3 is 2. The van der Waals surface area contributed by atoms with Gasteiger partial charge in [-0.25, -0.2) is 0 Å². The molecule has 1 amide bonds. The zero-order valence-electron chi connectivity index (χ0n) is 10.8. The monoisotopic (exact) mass is 251 g/mol. The van der Waals surface area contributed by atoms with Gasteiger partial charge in [0.15, 0.2) is 0 Å². The molecule has 1 aromatic carbocycles. The molecule has 5 nitrogen and oxygen atoms in total. The van der Waals surface area contributed by atoms with E-state index in [1.54, 1.807) is 37.3 Å². The number of hydrogen-bond donors (Lipinski definition) is 0. The average Bonchev–Trinajstić information content (AvgIpc) is 2.83. The Bertz CT molecular complexity index is 424. The first kappa shape index (κ1) is 12.7. The zero-order valence-corrected chi connectivity index (χ0v) is 10.8. The van der Waals surface area contributed by atoms with Crippen LogP contribution >= 0.6 is 0 Å². The van der Waals surface area contributed by atoms with Gasteiger partial charge in [-0.1, -0.05) is 0 Å². The van der Waals surface area contributed by atoms with Crippen LogP contribution in [0.4, 0.5) is 0 Å². The molecule has 2 rings (SSSR count). The van der Waals surface area contributed by atoms with Crippen LogP contribution in [0, 0.1) is 0 Å². The Hall–Kier alpha value is -1.75. The molecule has 1 unspecified atom stereocenters. The predicted molar refractivity (Wildman–Crippen MR) is 66.0 cm³/mol. The Kier molecular flexibility index (Phi) is 3.72. The highest BCUT2D eigenvalue weighted by Gasteiger charge is 2.27. The second kappa shape index (κ2) is 5.27. The highest BCUT2D eigenvalue weighted by molar-refractivity contribution is 5.95. The highest BCUT2D eigenvalue weighted by atomic mass is 16.5. The predicted octanol–water partition coefficient (Wildman–Crippen LogP) is 1.52. The number of ether oxygens (including phenoxy) is 3. The maximum absolute atomic E-state index is 12.3. The average molecular weight is 251 g/mol. The topological polar surface area (TPSA) is 48.0 Å². The Balaban J connectivity index is 2.29. The van der Waals surface area contributed by atoms with E-state index >= 15 is 0 Å². The summed E-state index contributed by atoms with van der Waals surface area (Å²) in [5, 5.41) is 0. The molecular weight excluding hydrogens is 234 g/mol. The molecule has 1 aliphatic rings. The number of benzene rings is 1.